The standard InChI is InChI=1S/C20H26N4O2S/c1-13-11-16(20(4,5)6)12-14(2)18(13)27(25,26)23-15(3)19-22-21-17-9-7-8-10-24(17)19/h7-12,15,23H,1-6H3. The third-order valence-electron chi connectivity index (χ3n) is 4.65. The molecule has 1 atom stereocenters. The maximum absolute atomic E-state index is 13.1. The van der Waals surface area contributed by atoms with Crippen LogP contribution in [0.15, 0.2) is 41.4 Å². The van der Waals surface area contributed by atoms with Gasteiger partial charge < -0.3 is 0 Å². The molecular weight excluding hydrogens is 360 g/mol. The summed E-state index contributed by atoms with van der Waals surface area (Å²) in [6, 6.07) is 8.95. The van der Waals surface area contributed by atoms with Crippen molar-refractivity contribution in [1.29, 1.82) is 0 Å². The normalized spacial score (nSPS) is 13.9. The number of nitrogens with one attached hydrogen (secondary N) is 1. The lowest BCUT2D eigenvalue weighted by Gasteiger charge is -2.23. The molecule has 0 aliphatic carbocycles. The molecule has 0 spiro atoms. The summed E-state index contributed by atoms with van der Waals surface area (Å²) < 4.78 is 30.8. The fourth-order valence-electron chi connectivity index (χ4n) is 3.31. The number of nitrogens with zero attached hydrogens (tertiary/aromatic N) is 3. The first-order valence-corrected chi connectivity index (χ1v) is 10.4. The lowest BCUT2D eigenvalue weighted by Crippen LogP contribution is -2.29. The van der Waals surface area contributed by atoms with E-state index in [1.165, 1.54) is 0 Å². The summed E-state index contributed by atoms with van der Waals surface area (Å²) in [6.45, 7) is 11.8. The highest BCUT2D eigenvalue weighted by molar-refractivity contribution is 7.89. The maximum Gasteiger partial charge on any atom is 0.241 e. The van der Waals surface area contributed by atoms with Crippen molar-refractivity contribution in [3.05, 3.63) is 59.0 Å². The SMILES string of the molecule is Cc1cc(C(C)(C)C)cc(C)c1S(=O)(=O)NC(C)c1nnc2ccccn12. The minimum absolute atomic E-state index is 0.0427. The molecule has 1 aromatic carbocycles. The summed E-state index contributed by atoms with van der Waals surface area (Å²) in [7, 11) is -3.71. The molecule has 3 rings (SSSR count). The molecule has 0 aliphatic heterocycles. The second kappa shape index (κ2) is 6.73. The van der Waals surface area contributed by atoms with Crippen molar-refractivity contribution >= 4 is 15.7 Å². The van der Waals surface area contributed by atoms with Crippen molar-refractivity contribution in [2.24, 2.45) is 0 Å². The van der Waals surface area contributed by atoms with Crippen molar-refractivity contribution in [3.8, 4) is 0 Å². The molecule has 0 amide bonds. The van der Waals surface area contributed by atoms with Crippen molar-refractivity contribution in [2.75, 3.05) is 0 Å². The first-order chi connectivity index (χ1) is 12.5. The summed E-state index contributed by atoms with van der Waals surface area (Å²) >= 11 is 0. The van der Waals surface area contributed by atoms with Gasteiger partial charge in [-0.15, -0.1) is 10.2 Å². The monoisotopic (exact) mass is 386 g/mol. The van der Waals surface area contributed by atoms with Crippen LogP contribution in [0.1, 0.15) is 56.3 Å². The Labute approximate surface area is 160 Å². The van der Waals surface area contributed by atoms with E-state index in [4.69, 9.17) is 0 Å². The highest BCUT2D eigenvalue weighted by atomic mass is 32.2. The summed E-state index contributed by atoms with van der Waals surface area (Å²) in [6.07, 6.45) is 1.82. The summed E-state index contributed by atoms with van der Waals surface area (Å²) in [5, 5.41) is 8.24. The molecule has 3 aromatic rings. The first kappa shape index (κ1) is 19.5. The van der Waals surface area contributed by atoms with Gasteiger partial charge in [-0.25, -0.2) is 13.1 Å². The number of rotatable bonds is 4. The zero-order chi connectivity index (χ0) is 20.0. The number of hydrogen-bond donors (Lipinski definition) is 1. The molecule has 0 saturated carbocycles. The Kier molecular flexibility index (Phi) is 4.86. The van der Waals surface area contributed by atoms with Crippen LogP contribution in [0.5, 0.6) is 0 Å². The Morgan fingerprint density at radius 3 is 2.30 bits per heavy atom. The minimum Gasteiger partial charge on any atom is -0.285 e. The molecule has 0 radical (unpaired) electrons. The van der Waals surface area contributed by atoms with E-state index in [9.17, 15) is 8.42 Å². The Morgan fingerprint density at radius 2 is 1.70 bits per heavy atom. The summed E-state index contributed by atoms with van der Waals surface area (Å²) in [4.78, 5) is 0.330. The Bertz CT molecular complexity index is 1070. The van der Waals surface area contributed by atoms with E-state index in [-0.39, 0.29) is 5.41 Å². The molecule has 0 aliphatic rings. The van der Waals surface area contributed by atoms with Crippen LogP contribution in [0.2, 0.25) is 0 Å². The number of benzene rings is 1. The van der Waals surface area contributed by atoms with Crippen LogP contribution in [-0.2, 0) is 15.4 Å². The van der Waals surface area contributed by atoms with E-state index < -0.39 is 16.1 Å². The van der Waals surface area contributed by atoms with Crippen LogP contribution in [0, 0.1) is 13.8 Å². The minimum atomic E-state index is -3.71. The van der Waals surface area contributed by atoms with Crippen molar-refractivity contribution in [2.45, 2.75) is 57.9 Å². The van der Waals surface area contributed by atoms with Gasteiger partial charge >= 0.3 is 0 Å². The molecule has 0 saturated heterocycles. The van der Waals surface area contributed by atoms with E-state index in [0.717, 1.165) is 16.7 Å². The van der Waals surface area contributed by atoms with E-state index in [0.29, 0.717) is 16.4 Å². The molecule has 2 aromatic heterocycles. The van der Waals surface area contributed by atoms with Gasteiger partial charge in [-0.05, 0) is 55.0 Å². The number of hydrogen-bond acceptors (Lipinski definition) is 4. The maximum atomic E-state index is 13.1. The van der Waals surface area contributed by atoms with Crippen molar-refractivity contribution in [1.82, 2.24) is 19.3 Å². The fraction of sp³-hybridized carbons (Fsp3) is 0.400. The van der Waals surface area contributed by atoms with Gasteiger partial charge in [0.1, 0.15) is 0 Å². The molecule has 0 fully saturated rings. The van der Waals surface area contributed by atoms with E-state index in [1.54, 1.807) is 11.3 Å². The Balaban J connectivity index is 1.97. The van der Waals surface area contributed by atoms with Gasteiger partial charge in [0.05, 0.1) is 10.9 Å². The molecule has 1 N–H and O–H groups in total. The van der Waals surface area contributed by atoms with Crippen LogP contribution in [-0.4, -0.2) is 23.0 Å². The van der Waals surface area contributed by atoms with Gasteiger partial charge in [-0.1, -0.05) is 39.0 Å². The largest absolute Gasteiger partial charge is 0.285 e. The molecule has 0 bridgehead atoms. The highest BCUT2D eigenvalue weighted by Crippen LogP contribution is 2.29. The van der Waals surface area contributed by atoms with Gasteiger partial charge in [-0.3, -0.25) is 4.40 Å². The van der Waals surface area contributed by atoms with Gasteiger partial charge in [0.15, 0.2) is 11.5 Å². The van der Waals surface area contributed by atoms with Crippen molar-refractivity contribution < 1.29 is 8.42 Å². The molecular formula is C20H26N4O2S. The quantitative estimate of drug-likeness (QED) is 0.742. The highest BCUT2D eigenvalue weighted by Gasteiger charge is 2.26. The number of sulfonamides is 1. The number of fused-ring (bicyclic) bond motifs is 1. The van der Waals surface area contributed by atoms with Gasteiger partial charge in [0, 0.05) is 6.20 Å². The third kappa shape index (κ3) is 3.75. The molecule has 27 heavy (non-hydrogen) atoms. The van der Waals surface area contributed by atoms with Crippen molar-refractivity contribution in [3.63, 3.8) is 0 Å². The van der Waals surface area contributed by atoms with Crippen LogP contribution in [0.4, 0.5) is 0 Å². The second-order valence-electron chi connectivity index (χ2n) is 8.02. The zero-order valence-corrected chi connectivity index (χ0v) is 17.4. The van der Waals surface area contributed by atoms with Gasteiger partial charge in [-0.2, -0.15) is 0 Å². The average Bonchev–Trinajstić information content (AvgIpc) is 2.96. The predicted molar refractivity (Wildman–Crippen MR) is 106 cm³/mol. The smallest absolute Gasteiger partial charge is 0.241 e. The lowest BCUT2D eigenvalue weighted by molar-refractivity contribution is 0.555. The van der Waals surface area contributed by atoms with E-state index >= 15 is 0 Å². The van der Waals surface area contributed by atoms with E-state index in [2.05, 4.69) is 35.7 Å². The van der Waals surface area contributed by atoms with Crippen LogP contribution >= 0.6 is 0 Å². The van der Waals surface area contributed by atoms with Crippen LogP contribution in [0.25, 0.3) is 5.65 Å². The molecule has 144 valence electrons. The molecule has 7 heteroatoms. The molecule has 2 heterocycles. The second-order valence-corrected chi connectivity index (χ2v) is 9.67. The van der Waals surface area contributed by atoms with Gasteiger partial charge in [0.25, 0.3) is 0 Å². The number of pyridine rings is 1. The fourth-order valence-corrected chi connectivity index (χ4v) is 4.96. The first-order valence-electron chi connectivity index (χ1n) is 8.94. The Hall–Kier alpha value is -2.25. The Morgan fingerprint density at radius 1 is 1.07 bits per heavy atom. The number of aryl methyl sites for hydroxylation is 2. The number of aromatic nitrogens is 3. The third-order valence-corrected chi connectivity index (χ3v) is 6.50. The van der Waals surface area contributed by atoms with Crippen LogP contribution < -0.4 is 4.72 Å². The zero-order valence-electron chi connectivity index (χ0n) is 16.6. The average molecular weight is 387 g/mol. The van der Waals surface area contributed by atoms with Gasteiger partial charge in [0.2, 0.25) is 10.0 Å². The summed E-state index contributed by atoms with van der Waals surface area (Å²) in [5.74, 6) is 0.552. The molecule has 1 unspecified atom stereocenters. The van der Waals surface area contributed by atoms with E-state index in [1.807, 2.05) is 50.4 Å². The predicted octanol–water partition coefficient (Wildman–Crippen LogP) is 3.68. The topological polar surface area (TPSA) is 76.4 Å². The molecule has 6 nitrogen and oxygen atoms in total. The summed E-state index contributed by atoms with van der Waals surface area (Å²) in [5.41, 5.74) is 3.24. The lowest BCUT2D eigenvalue weighted by atomic mass is 9.85. The van der Waals surface area contributed by atoms with Crippen LogP contribution in [0.3, 0.4) is 0 Å².